The first kappa shape index (κ1) is 93.6. The van der Waals surface area contributed by atoms with Crippen LogP contribution < -0.4 is 36.5 Å². The molecule has 1 atom stereocenters. The van der Waals surface area contributed by atoms with Crippen LogP contribution in [0.25, 0.3) is 44.5 Å². The lowest BCUT2D eigenvalue weighted by Crippen LogP contribution is -2.50. The molecule has 0 radical (unpaired) electrons. The summed E-state index contributed by atoms with van der Waals surface area (Å²) in [7, 11) is 17.2. The minimum atomic E-state index is -0.353. The van der Waals surface area contributed by atoms with Crippen molar-refractivity contribution in [3.63, 3.8) is 0 Å². The molecule has 8 nitrogen and oxygen atoms in total. The van der Waals surface area contributed by atoms with Crippen LogP contribution in [0.15, 0.2) is 323 Å². The number of aryl methyl sites for hydroxylation is 18. The van der Waals surface area contributed by atoms with E-state index < -0.39 is 0 Å². The monoisotopic (exact) mass is 1700 g/mol. The molecular formula is C121H138N8+8. The highest BCUT2D eigenvalue weighted by Crippen LogP contribution is 2.47. The van der Waals surface area contributed by atoms with Gasteiger partial charge in [0.15, 0.2) is 71.2 Å². The molecule has 8 aromatic heterocycles. The second-order valence-electron chi connectivity index (χ2n) is 37.7. The average Bonchev–Trinajstić information content (AvgIpc) is 0.747. The maximum atomic E-state index is 2.42. The minimum Gasteiger partial charge on any atom is -0.204 e. The maximum absolute atomic E-state index is 2.42. The fourth-order valence-corrected chi connectivity index (χ4v) is 20.8. The molecule has 8 aromatic carbocycles. The van der Waals surface area contributed by atoms with Crippen LogP contribution in [0.1, 0.15) is 199 Å². The molecule has 0 aliphatic rings. The second-order valence-corrected chi connectivity index (χ2v) is 37.7. The van der Waals surface area contributed by atoms with Crippen molar-refractivity contribution in [2.45, 2.75) is 166 Å². The first-order chi connectivity index (χ1) is 61.4. The first-order valence-electron chi connectivity index (χ1n) is 45.8. The molecule has 8 heterocycles. The molecule has 654 valence electrons. The second kappa shape index (κ2) is 38.9. The van der Waals surface area contributed by atoms with E-state index in [9.17, 15) is 0 Å². The highest BCUT2D eigenvalue weighted by Gasteiger charge is 2.50. The van der Waals surface area contributed by atoms with Crippen LogP contribution in [0.3, 0.4) is 0 Å². The molecule has 0 N–H and O–H groups in total. The smallest absolute Gasteiger partial charge is 0.202 e. The van der Waals surface area contributed by atoms with Crippen LogP contribution in [0.2, 0.25) is 0 Å². The summed E-state index contributed by atoms with van der Waals surface area (Å²) in [6, 6.07) is 100. The summed E-state index contributed by atoms with van der Waals surface area (Å²) in [5, 5.41) is 0. The largest absolute Gasteiger partial charge is 0.204 e. The summed E-state index contributed by atoms with van der Waals surface area (Å²) in [5.74, 6) is 0.464. The Hall–Kier alpha value is -13.0. The molecule has 0 aliphatic heterocycles. The van der Waals surface area contributed by atoms with Crippen molar-refractivity contribution in [1.82, 2.24) is 0 Å². The Kier molecular flexibility index (Phi) is 28.2. The van der Waals surface area contributed by atoms with Crippen LogP contribution >= 0.6 is 0 Å². The van der Waals surface area contributed by atoms with Gasteiger partial charge in [-0.25, -0.2) is 36.5 Å². The van der Waals surface area contributed by atoms with E-state index >= 15 is 0 Å². The highest BCUT2D eigenvalue weighted by atomic mass is 15.0. The Morgan fingerprint density at radius 2 is 0.450 bits per heavy atom. The van der Waals surface area contributed by atoms with Crippen molar-refractivity contribution >= 4 is 0 Å². The van der Waals surface area contributed by atoms with Gasteiger partial charge >= 0.3 is 0 Å². The van der Waals surface area contributed by atoms with Crippen molar-refractivity contribution in [2.24, 2.45) is 56.4 Å². The van der Waals surface area contributed by atoms with Gasteiger partial charge in [-0.05, 0) is 264 Å². The summed E-state index contributed by atoms with van der Waals surface area (Å²) in [6.07, 6.45) is 17.3. The van der Waals surface area contributed by atoms with Gasteiger partial charge in [0.2, 0.25) is 45.6 Å². The van der Waals surface area contributed by atoms with E-state index in [1.807, 2.05) is 0 Å². The third kappa shape index (κ3) is 18.6. The van der Waals surface area contributed by atoms with E-state index in [-0.39, 0.29) is 21.7 Å². The van der Waals surface area contributed by atoms with E-state index in [1.165, 1.54) is 196 Å². The van der Waals surface area contributed by atoms with E-state index in [4.69, 9.17) is 0 Å². The molecule has 0 spiro atoms. The fraction of sp³-hybridized carbons (Fsp3) is 0.273. The number of hydrogen-bond acceptors (Lipinski definition) is 0. The van der Waals surface area contributed by atoms with Crippen LogP contribution in [0.4, 0.5) is 0 Å². The van der Waals surface area contributed by atoms with Gasteiger partial charge in [0.25, 0.3) is 0 Å². The molecule has 16 aromatic rings. The van der Waals surface area contributed by atoms with Crippen molar-refractivity contribution < 1.29 is 36.5 Å². The Labute approximate surface area is 772 Å². The SMILES string of the molecule is Cc1cc(-c2ccccc2C)c(C)c(C(C)(c2cc(C)cc[n+]2C)c2cc(C(C)C)cc[n+]2C)c1.Cc1cc[n+](C)c(C(C)(c2cccc(-c3ccccc3C)c2C)c2cc(C)cc[n+]2C)c1.Cc1ccc(-c2cc(C)cc(C(C)(c3cccc[n+]3C)c3cccc[n+]3C)c2C)c(C)c1.Cc1ccccc1-c1cccc(C(C)(c2cccc[n+]2C)c2cccc[n+]2C)c1C. The van der Waals surface area contributed by atoms with Gasteiger partial charge in [0.05, 0.1) is 0 Å². The predicted octanol–water partition coefficient (Wildman–Crippen LogP) is 22.9. The van der Waals surface area contributed by atoms with Gasteiger partial charge in [0, 0.05) is 97.1 Å². The summed E-state index contributed by atoms with van der Waals surface area (Å²) < 4.78 is 18.1. The summed E-state index contributed by atoms with van der Waals surface area (Å²) in [4.78, 5) is 0. The van der Waals surface area contributed by atoms with Crippen molar-refractivity contribution in [3.8, 4) is 44.5 Å². The van der Waals surface area contributed by atoms with Gasteiger partial charge in [-0.1, -0.05) is 206 Å². The molecule has 1 unspecified atom stereocenters. The summed E-state index contributed by atoms with van der Waals surface area (Å²) in [5.41, 5.74) is 44.3. The minimum absolute atomic E-state index is 0.311. The van der Waals surface area contributed by atoms with Crippen LogP contribution in [0.5, 0.6) is 0 Å². The number of aromatic nitrogens is 8. The highest BCUT2D eigenvalue weighted by molar-refractivity contribution is 5.77. The van der Waals surface area contributed by atoms with E-state index in [0.29, 0.717) is 5.92 Å². The lowest BCUT2D eigenvalue weighted by atomic mass is 9.71. The zero-order valence-electron chi connectivity index (χ0n) is 82.3. The standard InChI is InChI=1S/C33H40N2.2C30H34N2.C28H30N2/c1-22(2)27-15-17-35(9)32(21-27)33(7,31-20-23(3)14-16-34(31)8)30-19-24(4)18-29(26(30)6)28-13-11-10-12-25(28)5;1-21-14-15-25(23(3)18-21)26-19-22(2)20-27(24(26)4)30(5,28-12-8-10-16-31(28)6)29-13-9-11-17-32(29)7;1-21-15-17-31(6)28(19-21)30(5,29-20-22(2)16-18-32(29)7)27-14-10-13-26(24(27)4)25-12-9-8-11-23(25)3;1-21-13-6-7-14-23(21)24-15-12-16-25(22(24)2)28(3,26-17-8-10-19-29(26)4)27-18-9-11-20-30(27)5/h10-22H,1-9H3;2*8-20H,1-7H3;6-20H,1-5H3/q4*+2. The molecule has 8 heteroatoms. The first-order valence-corrected chi connectivity index (χ1v) is 45.8. The number of rotatable bonds is 17. The van der Waals surface area contributed by atoms with E-state index in [1.54, 1.807) is 0 Å². The van der Waals surface area contributed by atoms with E-state index in [0.717, 1.165) is 0 Å². The van der Waals surface area contributed by atoms with Crippen LogP contribution in [0, 0.1) is 96.9 Å². The number of benzene rings is 8. The normalized spacial score (nSPS) is 12.0. The zero-order chi connectivity index (χ0) is 92.9. The molecule has 0 amide bonds. The zero-order valence-corrected chi connectivity index (χ0v) is 82.3. The van der Waals surface area contributed by atoms with E-state index in [2.05, 4.69) is 554 Å². The Bertz CT molecular complexity index is 6690. The molecule has 0 aliphatic carbocycles. The Morgan fingerprint density at radius 3 is 0.783 bits per heavy atom. The average molecular weight is 1700 g/mol. The molecule has 129 heavy (non-hydrogen) atoms. The predicted molar refractivity (Wildman–Crippen MR) is 531 cm³/mol. The van der Waals surface area contributed by atoms with Crippen molar-refractivity contribution in [3.05, 3.63) is 474 Å². The van der Waals surface area contributed by atoms with Gasteiger partial charge in [-0.2, -0.15) is 0 Å². The Morgan fingerprint density at radius 1 is 0.186 bits per heavy atom. The lowest BCUT2D eigenvalue weighted by Gasteiger charge is -2.29. The summed E-state index contributed by atoms with van der Waals surface area (Å²) in [6.45, 7) is 45.1. The Balaban J connectivity index is 0.000000147. The van der Waals surface area contributed by atoms with Gasteiger partial charge < -0.3 is 0 Å². The fourth-order valence-electron chi connectivity index (χ4n) is 20.8. The third-order valence-corrected chi connectivity index (χ3v) is 28.0. The molecular weight excluding hydrogens is 1570 g/mol. The molecule has 0 saturated heterocycles. The summed E-state index contributed by atoms with van der Waals surface area (Å²) >= 11 is 0. The number of pyridine rings is 8. The van der Waals surface area contributed by atoms with Crippen LogP contribution in [-0.2, 0) is 78.0 Å². The molecule has 0 saturated carbocycles. The van der Waals surface area contributed by atoms with Gasteiger partial charge in [0.1, 0.15) is 56.4 Å². The molecule has 0 bridgehead atoms. The topological polar surface area (TPSA) is 31.0 Å². The maximum Gasteiger partial charge on any atom is 0.202 e. The van der Waals surface area contributed by atoms with Crippen LogP contribution in [-0.4, -0.2) is 0 Å². The quantitative estimate of drug-likeness (QED) is 0.0814. The lowest BCUT2D eigenvalue weighted by molar-refractivity contribution is -0.697. The number of nitrogens with zero attached hydrogens (tertiary/aromatic N) is 8. The third-order valence-electron chi connectivity index (χ3n) is 28.0. The number of hydrogen-bond donors (Lipinski definition) is 0. The van der Waals surface area contributed by atoms with Crippen molar-refractivity contribution in [1.29, 1.82) is 0 Å². The molecule has 16 rings (SSSR count). The van der Waals surface area contributed by atoms with Crippen molar-refractivity contribution in [2.75, 3.05) is 0 Å². The van der Waals surface area contributed by atoms with Gasteiger partial charge in [-0.15, -0.1) is 0 Å². The molecule has 0 fully saturated rings. The van der Waals surface area contributed by atoms with Gasteiger partial charge in [-0.3, -0.25) is 0 Å².